The summed E-state index contributed by atoms with van der Waals surface area (Å²) in [4.78, 5) is 8.78. The summed E-state index contributed by atoms with van der Waals surface area (Å²) in [6.07, 6.45) is 0.825. The molecule has 0 amide bonds. The van der Waals surface area contributed by atoms with Crippen molar-refractivity contribution in [2.45, 2.75) is 19.2 Å². The van der Waals surface area contributed by atoms with E-state index in [1.165, 1.54) is 0 Å². The predicted molar refractivity (Wildman–Crippen MR) is 61.3 cm³/mol. The Kier molecular flexibility index (Phi) is 3.15. The molecule has 0 atom stereocenters. The second kappa shape index (κ2) is 4.38. The number of aryl methyl sites for hydroxylation is 1. The Balaban J connectivity index is 2.10. The third-order valence-electron chi connectivity index (χ3n) is 1.74. The van der Waals surface area contributed by atoms with Crippen LogP contribution < -0.4 is 0 Å². The predicted octanol–water partition coefficient (Wildman–Crippen LogP) is 3.24. The molecule has 0 spiro atoms. The number of hydrogen-bond acceptors (Lipinski definition) is 4. The average Bonchev–Trinajstić information content (AvgIpc) is 2.76. The van der Waals surface area contributed by atoms with Crippen molar-refractivity contribution in [3.05, 3.63) is 32.2 Å². The lowest BCUT2D eigenvalue weighted by molar-refractivity contribution is 1.04. The Hall–Kier alpha value is -0.450. The molecule has 0 unspecified atom stereocenters. The Morgan fingerprint density at radius 2 is 2.00 bits per heavy atom. The van der Waals surface area contributed by atoms with Gasteiger partial charge in [0, 0.05) is 17.2 Å². The van der Waals surface area contributed by atoms with E-state index in [1.54, 1.807) is 22.7 Å². The second-order valence-electron chi connectivity index (χ2n) is 2.90. The standard InChI is InChI=1S/C9H9ClN2S2/c1-6-11-7(4-13-6)2-9-12-8(3-10)5-14-9/h4-5H,2-3H2,1H3. The summed E-state index contributed by atoms with van der Waals surface area (Å²) in [7, 11) is 0. The molecule has 0 radical (unpaired) electrons. The van der Waals surface area contributed by atoms with E-state index >= 15 is 0 Å². The minimum absolute atomic E-state index is 0.493. The van der Waals surface area contributed by atoms with E-state index in [2.05, 4.69) is 15.3 Å². The molecule has 0 bridgehead atoms. The Bertz CT molecular complexity index is 422. The van der Waals surface area contributed by atoms with Crippen LogP contribution in [0.1, 0.15) is 21.4 Å². The fourth-order valence-corrected chi connectivity index (χ4v) is 2.79. The van der Waals surface area contributed by atoms with Crippen molar-refractivity contribution in [3.63, 3.8) is 0 Å². The van der Waals surface area contributed by atoms with Gasteiger partial charge in [-0.2, -0.15) is 0 Å². The monoisotopic (exact) mass is 244 g/mol. The maximum Gasteiger partial charge on any atom is 0.0988 e. The zero-order chi connectivity index (χ0) is 9.97. The van der Waals surface area contributed by atoms with Crippen LogP contribution >= 0.6 is 34.3 Å². The van der Waals surface area contributed by atoms with Crippen LogP contribution in [-0.4, -0.2) is 9.97 Å². The molecule has 2 nitrogen and oxygen atoms in total. The van der Waals surface area contributed by atoms with Crippen LogP contribution in [0.2, 0.25) is 0 Å². The molecule has 74 valence electrons. The molecule has 0 aliphatic carbocycles. The summed E-state index contributed by atoms with van der Waals surface area (Å²) in [6, 6.07) is 0. The molecule has 2 heterocycles. The van der Waals surface area contributed by atoms with Crippen molar-refractivity contribution in [2.75, 3.05) is 0 Å². The summed E-state index contributed by atoms with van der Waals surface area (Å²) < 4.78 is 0. The van der Waals surface area contributed by atoms with E-state index < -0.39 is 0 Å². The van der Waals surface area contributed by atoms with E-state index in [1.807, 2.05) is 12.3 Å². The van der Waals surface area contributed by atoms with Gasteiger partial charge in [0.15, 0.2) is 0 Å². The molecular formula is C9H9ClN2S2. The molecule has 0 aromatic carbocycles. The molecule has 0 N–H and O–H groups in total. The molecule has 0 aliphatic heterocycles. The number of aromatic nitrogens is 2. The first-order valence-electron chi connectivity index (χ1n) is 4.18. The topological polar surface area (TPSA) is 25.8 Å². The van der Waals surface area contributed by atoms with Crippen LogP contribution in [0.15, 0.2) is 10.8 Å². The fourth-order valence-electron chi connectivity index (χ4n) is 1.14. The highest BCUT2D eigenvalue weighted by Crippen LogP contribution is 2.17. The van der Waals surface area contributed by atoms with Crippen LogP contribution in [0.4, 0.5) is 0 Å². The summed E-state index contributed by atoms with van der Waals surface area (Å²) in [6.45, 7) is 2.01. The Labute approximate surface area is 95.6 Å². The van der Waals surface area contributed by atoms with Gasteiger partial charge in [0.1, 0.15) is 0 Å². The zero-order valence-electron chi connectivity index (χ0n) is 7.66. The summed E-state index contributed by atoms with van der Waals surface area (Å²) in [5.74, 6) is 0.493. The fraction of sp³-hybridized carbons (Fsp3) is 0.333. The molecule has 14 heavy (non-hydrogen) atoms. The highest BCUT2D eigenvalue weighted by molar-refractivity contribution is 7.10. The third-order valence-corrected chi connectivity index (χ3v) is 3.73. The van der Waals surface area contributed by atoms with Gasteiger partial charge in [0.25, 0.3) is 0 Å². The molecule has 5 heteroatoms. The molecule has 0 aliphatic rings. The number of rotatable bonds is 3. The number of halogens is 1. The van der Waals surface area contributed by atoms with Crippen molar-refractivity contribution in [1.29, 1.82) is 0 Å². The van der Waals surface area contributed by atoms with Crippen LogP contribution in [0, 0.1) is 6.92 Å². The van der Waals surface area contributed by atoms with Crippen LogP contribution in [-0.2, 0) is 12.3 Å². The SMILES string of the molecule is Cc1nc(Cc2nc(CCl)cs2)cs1. The lowest BCUT2D eigenvalue weighted by Gasteiger charge is -1.89. The van der Waals surface area contributed by atoms with Crippen LogP contribution in [0.3, 0.4) is 0 Å². The van der Waals surface area contributed by atoms with Crippen LogP contribution in [0.5, 0.6) is 0 Å². The van der Waals surface area contributed by atoms with E-state index in [-0.39, 0.29) is 0 Å². The van der Waals surface area contributed by atoms with Gasteiger partial charge < -0.3 is 0 Å². The third kappa shape index (κ3) is 2.32. The van der Waals surface area contributed by atoms with Gasteiger partial charge in [-0.05, 0) is 6.92 Å². The minimum atomic E-state index is 0.493. The lowest BCUT2D eigenvalue weighted by Crippen LogP contribution is -1.88. The van der Waals surface area contributed by atoms with Gasteiger partial charge in [0.2, 0.25) is 0 Å². The van der Waals surface area contributed by atoms with E-state index in [9.17, 15) is 0 Å². The van der Waals surface area contributed by atoms with Gasteiger partial charge in [-0.25, -0.2) is 9.97 Å². The van der Waals surface area contributed by atoms with Gasteiger partial charge in [0.05, 0.1) is 27.3 Å². The molecule has 0 saturated heterocycles. The maximum absolute atomic E-state index is 5.68. The first-order valence-corrected chi connectivity index (χ1v) is 6.47. The van der Waals surface area contributed by atoms with Gasteiger partial charge in [-0.3, -0.25) is 0 Å². The lowest BCUT2D eigenvalue weighted by atomic mass is 10.3. The molecule has 0 saturated carbocycles. The smallest absolute Gasteiger partial charge is 0.0988 e. The minimum Gasteiger partial charge on any atom is -0.246 e. The first kappa shape index (κ1) is 10.1. The van der Waals surface area contributed by atoms with E-state index in [4.69, 9.17) is 11.6 Å². The summed E-state index contributed by atoms with van der Waals surface area (Å²) in [5, 5.41) is 6.28. The number of nitrogens with zero attached hydrogens (tertiary/aromatic N) is 2. The number of hydrogen-bond donors (Lipinski definition) is 0. The van der Waals surface area contributed by atoms with Crippen molar-refractivity contribution in [2.24, 2.45) is 0 Å². The first-order chi connectivity index (χ1) is 6.78. The highest BCUT2D eigenvalue weighted by Gasteiger charge is 2.04. The second-order valence-corrected chi connectivity index (χ2v) is 5.17. The normalized spacial score (nSPS) is 10.7. The quantitative estimate of drug-likeness (QED) is 0.775. The van der Waals surface area contributed by atoms with Gasteiger partial charge in [-0.15, -0.1) is 34.3 Å². The Morgan fingerprint density at radius 3 is 2.57 bits per heavy atom. The molecular weight excluding hydrogens is 236 g/mol. The average molecular weight is 245 g/mol. The Morgan fingerprint density at radius 1 is 1.21 bits per heavy atom. The molecule has 2 aromatic rings. The number of thiazole rings is 2. The highest BCUT2D eigenvalue weighted by atomic mass is 35.5. The van der Waals surface area contributed by atoms with Gasteiger partial charge >= 0.3 is 0 Å². The van der Waals surface area contributed by atoms with Crippen molar-refractivity contribution in [1.82, 2.24) is 9.97 Å². The van der Waals surface area contributed by atoms with Crippen molar-refractivity contribution < 1.29 is 0 Å². The molecule has 2 aromatic heterocycles. The zero-order valence-corrected chi connectivity index (χ0v) is 10.0. The molecule has 0 fully saturated rings. The van der Waals surface area contributed by atoms with E-state index in [0.717, 1.165) is 27.8 Å². The maximum atomic E-state index is 5.68. The number of alkyl halides is 1. The largest absolute Gasteiger partial charge is 0.246 e. The van der Waals surface area contributed by atoms with Crippen molar-refractivity contribution >= 4 is 34.3 Å². The summed E-state index contributed by atoms with van der Waals surface area (Å²) in [5.41, 5.74) is 2.06. The molecule has 2 rings (SSSR count). The van der Waals surface area contributed by atoms with Crippen molar-refractivity contribution in [3.8, 4) is 0 Å². The van der Waals surface area contributed by atoms with Gasteiger partial charge in [-0.1, -0.05) is 0 Å². The summed E-state index contributed by atoms with van der Waals surface area (Å²) >= 11 is 9.00. The van der Waals surface area contributed by atoms with E-state index in [0.29, 0.717) is 5.88 Å². The van der Waals surface area contributed by atoms with Crippen LogP contribution in [0.25, 0.3) is 0 Å².